The van der Waals surface area contributed by atoms with Gasteiger partial charge >= 0.3 is 0 Å². The molecule has 4 aliphatic rings. The van der Waals surface area contributed by atoms with Crippen LogP contribution in [0.4, 0.5) is 0 Å². The molecule has 3 fully saturated rings. The molecule has 4 aliphatic carbocycles. The largest absolute Gasteiger partial charge is 0.393 e. The fourth-order valence-electron chi connectivity index (χ4n) is 6.91. The number of carbonyl (C=O) groups is 1. The van der Waals surface area contributed by atoms with Crippen LogP contribution in [0.15, 0.2) is 11.6 Å². The molecule has 0 aromatic rings. The van der Waals surface area contributed by atoms with Gasteiger partial charge in [0.1, 0.15) is 0 Å². The Morgan fingerprint density at radius 2 is 1.87 bits per heavy atom. The first kappa shape index (κ1) is 15.8. The summed E-state index contributed by atoms with van der Waals surface area (Å²) in [6, 6.07) is 0. The second kappa shape index (κ2) is 4.70. The summed E-state index contributed by atoms with van der Waals surface area (Å²) in [5.41, 5.74) is 0.424. The van der Waals surface area contributed by atoms with Crippen LogP contribution in [0, 0.1) is 28.6 Å². The van der Waals surface area contributed by atoms with Gasteiger partial charge in [0.05, 0.1) is 11.7 Å². The monoisotopic (exact) mass is 318 g/mol. The Hall–Kier alpha value is -0.670. The average molecular weight is 318 g/mol. The van der Waals surface area contributed by atoms with Crippen molar-refractivity contribution in [3.05, 3.63) is 11.6 Å². The number of aliphatic hydroxyl groups excluding tert-OH is 1. The maximum atomic E-state index is 11.8. The third-order valence-corrected chi connectivity index (χ3v) is 8.46. The van der Waals surface area contributed by atoms with Crippen molar-refractivity contribution in [3.8, 4) is 0 Å². The molecule has 4 rings (SSSR count). The molecule has 0 aliphatic heterocycles. The summed E-state index contributed by atoms with van der Waals surface area (Å²) < 4.78 is 0. The molecule has 7 atom stereocenters. The Bertz CT molecular complexity index is 577. The highest BCUT2D eigenvalue weighted by atomic mass is 16.3. The molecule has 0 bridgehead atoms. The number of fused-ring (bicyclic) bond motifs is 5. The van der Waals surface area contributed by atoms with Gasteiger partial charge in [-0.2, -0.15) is 0 Å². The maximum Gasteiger partial charge on any atom is 0.155 e. The number of hydrogen-bond acceptors (Lipinski definition) is 3. The Labute approximate surface area is 139 Å². The van der Waals surface area contributed by atoms with E-state index in [2.05, 4.69) is 13.8 Å². The van der Waals surface area contributed by atoms with Gasteiger partial charge in [0.25, 0.3) is 0 Å². The van der Waals surface area contributed by atoms with Gasteiger partial charge in [-0.25, -0.2) is 0 Å². The first-order valence-corrected chi connectivity index (χ1v) is 9.33. The summed E-state index contributed by atoms with van der Waals surface area (Å²) in [4.78, 5) is 11.8. The molecule has 0 radical (unpaired) electrons. The third-order valence-electron chi connectivity index (χ3n) is 8.46. The van der Waals surface area contributed by atoms with E-state index in [1.54, 1.807) is 0 Å². The molecule has 3 heteroatoms. The van der Waals surface area contributed by atoms with Crippen molar-refractivity contribution in [1.29, 1.82) is 0 Å². The summed E-state index contributed by atoms with van der Waals surface area (Å²) in [5, 5.41) is 22.0. The van der Waals surface area contributed by atoms with E-state index >= 15 is 0 Å². The molecule has 128 valence electrons. The highest BCUT2D eigenvalue weighted by molar-refractivity contribution is 5.91. The van der Waals surface area contributed by atoms with Gasteiger partial charge in [-0.15, -0.1) is 0 Å². The molecule has 3 nitrogen and oxygen atoms in total. The van der Waals surface area contributed by atoms with E-state index in [9.17, 15) is 15.0 Å². The molecule has 23 heavy (non-hydrogen) atoms. The first-order chi connectivity index (χ1) is 10.7. The summed E-state index contributed by atoms with van der Waals surface area (Å²) in [6.45, 7) is 6.44. The smallest absolute Gasteiger partial charge is 0.155 e. The minimum absolute atomic E-state index is 0.0218. The van der Waals surface area contributed by atoms with E-state index in [1.807, 2.05) is 13.0 Å². The fraction of sp³-hybridized carbons (Fsp3) is 0.850. The van der Waals surface area contributed by atoms with Crippen LogP contribution in [-0.4, -0.2) is 27.7 Å². The van der Waals surface area contributed by atoms with E-state index < -0.39 is 5.60 Å². The molecule has 0 aromatic carbocycles. The van der Waals surface area contributed by atoms with Crippen LogP contribution in [0.5, 0.6) is 0 Å². The van der Waals surface area contributed by atoms with Gasteiger partial charge in [0, 0.05) is 11.8 Å². The van der Waals surface area contributed by atoms with Crippen LogP contribution in [0.3, 0.4) is 0 Å². The zero-order valence-electron chi connectivity index (χ0n) is 14.6. The topological polar surface area (TPSA) is 57.5 Å². The van der Waals surface area contributed by atoms with Crippen LogP contribution in [0.2, 0.25) is 0 Å². The molecular weight excluding hydrogens is 288 g/mol. The van der Waals surface area contributed by atoms with Gasteiger partial charge < -0.3 is 10.2 Å². The average Bonchev–Trinajstić information content (AvgIpc) is 2.69. The number of rotatable bonds is 0. The van der Waals surface area contributed by atoms with Crippen molar-refractivity contribution in [2.75, 3.05) is 0 Å². The molecule has 0 heterocycles. The second-order valence-corrected chi connectivity index (χ2v) is 9.39. The van der Waals surface area contributed by atoms with Gasteiger partial charge in [-0.3, -0.25) is 4.79 Å². The summed E-state index contributed by atoms with van der Waals surface area (Å²) >= 11 is 0. The van der Waals surface area contributed by atoms with Crippen LogP contribution in [-0.2, 0) is 4.79 Å². The first-order valence-electron chi connectivity index (χ1n) is 9.33. The molecule has 3 saturated carbocycles. The van der Waals surface area contributed by atoms with Crippen molar-refractivity contribution in [1.82, 2.24) is 0 Å². The summed E-state index contributed by atoms with van der Waals surface area (Å²) in [7, 11) is 0. The van der Waals surface area contributed by atoms with Crippen molar-refractivity contribution in [2.24, 2.45) is 28.6 Å². The Morgan fingerprint density at radius 1 is 1.13 bits per heavy atom. The lowest BCUT2D eigenvalue weighted by atomic mass is 9.45. The van der Waals surface area contributed by atoms with Gasteiger partial charge in [-0.05, 0) is 74.7 Å². The molecule has 0 saturated heterocycles. The number of aliphatic hydroxyl groups is 2. The van der Waals surface area contributed by atoms with E-state index in [0.29, 0.717) is 24.7 Å². The number of ketones is 1. The lowest BCUT2D eigenvalue weighted by molar-refractivity contribution is -0.166. The maximum absolute atomic E-state index is 11.8. The molecule has 0 amide bonds. The van der Waals surface area contributed by atoms with E-state index in [4.69, 9.17) is 0 Å². The van der Waals surface area contributed by atoms with E-state index in [-0.39, 0.29) is 28.6 Å². The van der Waals surface area contributed by atoms with Crippen LogP contribution < -0.4 is 0 Å². The number of hydrogen-bond donors (Lipinski definition) is 2. The minimum Gasteiger partial charge on any atom is -0.393 e. The zero-order chi connectivity index (χ0) is 16.6. The van der Waals surface area contributed by atoms with E-state index in [1.165, 1.54) is 5.57 Å². The highest BCUT2D eigenvalue weighted by Gasteiger charge is 2.64. The normalized spacial score (nSPS) is 55.7. The van der Waals surface area contributed by atoms with E-state index in [0.717, 1.165) is 32.1 Å². The lowest BCUT2D eigenvalue weighted by Gasteiger charge is -2.60. The molecule has 0 spiro atoms. The Kier molecular flexibility index (Phi) is 3.23. The van der Waals surface area contributed by atoms with Crippen molar-refractivity contribution >= 4 is 5.78 Å². The quantitative estimate of drug-likeness (QED) is 0.721. The summed E-state index contributed by atoms with van der Waals surface area (Å²) in [5.74, 6) is 1.49. The van der Waals surface area contributed by atoms with Gasteiger partial charge in [-0.1, -0.05) is 19.4 Å². The predicted octanol–water partition coefficient (Wildman–Crippen LogP) is 3.24. The number of allylic oxidation sites excluding steroid dienone is 1. The Morgan fingerprint density at radius 3 is 2.61 bits per heavy atom. The number of carbonyl (C=O) groups excluding carboxylic acids is 1. The highest BCUT2D eigenvalue weighted by Crippen LogP contribution is 2.67. The molecular formula is C20H30O3. The van der Waals surface area contributed by atoms with Crippen LogP contribution in [0.1, 0.15) is 65.7 Å². The van der Waals surface area contributed by atoms with Crippen LogP contribution >= 0.6 is 0 Å². The van der Waals surface area contributed by atoms with Gasteiger partial charge in [0.15, 0.2) is 5.78 Å². The van der Waals surface area contributed by atoms with Crippen molar-refractivity contribution in [2.45, 2.75) is 77.4 Å². The van der Waals surface area contributed by atoms with Crippen LogP contribution in [0.25, 0.3) is 0 Å². The third kappa shape index (κ3) is 1.93. The molecule has 0 unspecified atom stereocenters. The zero-order valence-corrected chi connectivity index (χ0v) is 14.6. The standard InChI is InChI=1S/C20H30O3/c1-18-8-6-13(21)10-12(18)4-5-14-15-7-9-20(3,23)19(15,2)11-16(22)17(14)18/h10,14-17,22-23H,4-9,11H2,1-3H3/t14-,15-,16+,17+,18-,19-,20-/m0/s1. The van der Waals surface area contributed by atoms with Crippen molar-refractivity contribution < 1.29 is 15.0 Å². The molecule has 0 aromatic heterocycles. The minimum atomic E-state index is -0.664. The lowest BCUT2D eigenvalue weighted by Crippen LogP contribution is -2.59. The molecule has 2 N–H and O–H groups in total. The second-order valence-electron chi connectivity index (χ2n) is 9.39. The Balaban J connectivity index is 1.75. The van der Waals surface area contributed by atoms with Gasteiger partial charge in [0.2, 0.25) is 0 Å². The van der Waals surface area contributed by atoms with Crippen molar-refractivity contribution in [3.63, 3.8) is 0 Å². The fourth-order valence-corrected chi connectivity index (χ4v) is 6.91. The predicted molar refractivity (Wildman–Crippen MR) is 88.7 cm³/mol. The SMILES string of the molecule is C[C@]12CCC(=O)C=C1CC[C@@H]1[C@@H]2[C@H](O)C[C@@]2(C)[C@H]1CC[C@]2(C)O. The summed E-state index contributed by atoms with van der Waals surface area (Å²) in [6.07, 6.45) is 7.69.